The van der Waals surface area contributed by atoms with Crippen molar-refractivity contribution in [2.45, 2.75) is 19.5 Å². The number of hydrogen-bond acceptors (Lipinski definition) is 3. The lowest BCUT2D eigenvalue weighted by Crippen LogP contribution is -2.50. The first-order valence-corrected chi connectivity index (χ1v) is 9.26. The quantitative estimate of drug-likeness (QED) is 0.748. The van der Waals surface area contributed by atoms with Crippen molar-refractivity contribution in [2.24, 2.45) is 0 Å². The van der Waals surface area contributed by atoms with Crippen molar-refractivity contribution in [1.29, 1.82) is 0 Å². The van der Waals surface area contributed by atoms with Crippen LogP contribution < -0.4 is 0 Å². The van der Waals surface area contributed by atoms with Crippen molar-refractivity contribution in [2.75, 3.05) is 26.2 Å². The molecule has 1 fully saturated rings. The van der Waals surface area contributed by atoms with Crippen LogP contribution in [-0.2, 0) is 11.3 Å². The van der Waals surface area contributed by atoms with Crippen molar-refractivity contribution in [3.8, 4) is 0 Å². The van der Waals surface area contributed by atoms with Crippen molar-refractivity contribution in [3.05, 3.63) is 51.5 Å². The number of nitrogens with zero attached hydrogens (tertiary/aromatic N) is 4. The van der Waals surface area contributed by atoms with Crippen LogP contribution in [0.25, 0.3) is 0 Å². The zero-order valence-electron chi connectivity index (χ0n) is 13.8. The van der Waals surface area contributed by atoms with Gasteiger partial charge in [-0.25, -0.2) is 4.39 Å². The summed E-state index contributed by atoms with van der Waals surface area (Å²) in [4.78, 5) is 16.7. The van der Waals surface area contributed by atoms with E-state index in [1.54, 1.807) is 23.1 Å². The Kier molecular flexibility index (Phi) is 5.76. The van der Waals surface area contributed by atoms with Gasteiger partial charge in [-0.1, -0.05) is 17.7 Å². The third kappa shape index (κ3) is 4.40. The van der Waals surface area contributed by atoms with E-state index in [-0.39, 0.29) is 17.8 Å². The fourth-order valence-electron chi connectivity index (χ4n) is 2.92. The largest absolute Gasteiger partial charge is 0.338 e. The van der Waals surface area contributed by atoms with E-state index in [1.807, 2.05) is 11.8 Å². The second-order valence-corrected chi connectivity index (χ2v) is 7.47. The molecule has 0 bridgehead atoms. The molecule has 5 nitrogen and oxygen atoms in total. The van der Waals surface area contributed by atoms with Crippen molar-refractivity contribution < 1.29 is 9.18 Å². The normalized spacial score (nSPS) is 16.9. The summed E-state index contributed by atoms with van der Waals surface area (Å²) in [6, 6.07) is 4.14. The molecule has 2 heterocycles. The number of piperazine rings is 1. The van der Waals surface area contributed by atoms with Crippen molar-refractivity contribution in [3.63, 3.8) is 0 Å². The van der Waals surface area contributed by atoms with E-state index in [0.29, 0.717) is 24.7 Å². The smallest absolute Gasteiger partial charge is 0.247 e. The minimum absolute atomic E-state index is 0.0649. The molecule has 8 heteroatoms. The SMILES string of the molecule is CC(C(=O)N1CCN(Cc2ccc(F)cc2Cl)CC1)n1cc(Br)cn1. The number of amides is 1. The number of benzene rings is 1. The molecule has 0 N–H and O–H groups in total. The molecule has 0 spiro atoms. The van der Waals surface area contributed by atoms with E-state index in [9.17, 15) is 9.18 Å². The van der Waals surface area contributed by atoms with Gasteiger partial charge in [-0.05, 0) is 40.5 Å². The van der Waals surface area contributed by atoms with Crippen LogP contribution in [0.15, 0.2) is 35.1 Å². The van der Waals surface area contributed by atoms with Gasteiger partial charge >= 0.3 is 0 Å². The van der Waals surface area contributed by atoms with Crippen LogP contribution >= 0.6 is 27.5 Å². The highest BCUT2D eigenvalue weighted by Crippen LogP contribution is 2.20. The summed E-state index contributed by atoms with van der Waals surface area (Å²) in [6.45, 7) is 5.34. The molecule has 1 unspecified atom stereocenters. The molecule has 25 heavy (non-hydrogen) atoms. The summed E-state index contributed by atoms with van der Waals surface area (Å²) in [6.07, 6.45) is 3.48. The summed E-state index contributed by atoms with van der Waals surface area (Å²) in [5.74, 6) is -0.265. The topological polar surface area (TPSA) is 41.4 Å². The molecule has 1 aromatic heterocycles. The Morgan fingerprint density at radius 1 is 1.36 bits per heavy atom. The second-order valence-electron chi connectivity index (χ2n) is 6.15. The third-order valence-corrected chi connectivity index (χ3v) is 5.18. The van der Waals surface area contributed by atoms with Gasteiger partial charge in [0.15, 0.2) is 0 Å². The first kappa shape index (κ1) is 18.4. The highest BCUT2D eigenvalue weighted by atomic mass is 79.9. The lowest BCUT2D eigenvalue weighted by Gasteiger charge is -2.36. The Bertz CT molecular complexity index is 761. The van der Waals surface area contributed by atoms with Gasteiger partial charge in [0.2, 0.25) is 5.91 Å². The number of carbonyl (C=O) groups excluding carboxylic acids is 1. The highest BCUT2D eigenvalue weighted by Gasteiger charge is 2.26. The predicted octanol–water partition coefficient (Wildman–Crippen LogP) is 3.34. The van der Waals surface area contributed by atoms with Crippen LogP contribution in [0.3, 0.4) is 0 Å². The minimum Gasteiger partial charge on any atom is -0.338 e. The van der Waals surface area contributed by atoms with Crippen molar-refractivity contribution >= 4 is 33.4 Å². The maximum absolute atomic E-state index is 13.1. The Morgan fingerprint density at radius 2 is 2.08 bits per heavy atom. The lowest BCUT2D eigenvalue weighted by molar-refractivity contribution is -0.136. The van der Waals surface area contributed by atoms with E-state index >= 15 is 0 Å². The third-order valence-electron chi connectivity index (χ3n) is 4.42. The molecular formula is C17H19BrClFN4O. The zero-order chi connectivity index (χ0) is 18.0. The van der Waals surface area contributed by atoms with E-state index in [2.05, 4.69) is 25.9 Å². The monoisotopic (exact) mass is 428 g/mol. The highest BCUT2D eigenvalue weighted by molar-refractivity contribution is 9.10. The fraction of sp³-hybridized carbons (Fsp3) is 0.412. The summed E-state index contributed by atoms with van der Waals surface area (Å²) in [5, 5.41) is 4.63. The summed E-state index contributed by atoms with van der Waals surface area (Å²) >= 11 is 9.44. The van der Waals surface area contributed by atoms with E-state index in [1.165, 1.54) is 12.1 Å². The maximum atomic E-state index is 13.1. The number of carbonyl (C=O) groups is 1. The molecule has 0 saturated carbocycles. The molecule has 1 amide bonds. The second kappa shape index (κ2) is 7.85. The van der Waals surface area contributed by atoms with Gasteiger partial charge < -0.3 is 4.90 Å². The Morgan fingerprint density at radius 3 is 2.68 bits per heavy atom. The van der Waals surface area contributed by atoms with Gasteiger partial charge in [0.25, 0.3) is 0 Å². The molecule has 0 radical (unpaired) electrons. The number of aromatic nitrogens is 2. The van der Waals surface area contributed by atoms with Gasteiger partial charge in [0.1, 0.15) is 11.9 Å². The van der Waals surface area contributed by atoms with Crippen LogP contribution in [0.2, 0.25) is 5.02 Å². The van der Waals surface area contributed by atoms with Gasteiger partial charge in [-0.15, -0.1) is 0 Å². The van der Waals surface area contributed by atoms with Gasteiger partial charge in [0.05, 0.1) is 10.7 Å². The molecule has 2 aromatic rings. The standard InChI is InChI=1S/C17H19BrClFN4O/c1-12(24-11-14(18)9-21-24)17(25)23-6-4-22(5-7-23)10-13-2-3-15(20)8-16(13)19/h2-3,8-9,11-12H,4-7,10H2,1H3. The molecular weight excluding hydrogens is 411 g/mol. The van der Waals surface area contributed by atoms with Crippen LogP contribution in [0.4, 0.5) is 4.39 Å². The van der Waals surface area contributed by atoms with Crippen LogP contribution in [0.1, 0.15) is 18.5 Å². The van der Waals surface area contributed by atoms with Gasteiger partial charge in [0, 0.05) is 43.9 Å². The average molecular weight is 430 g/mol. The van der Waals surface area contributed by atoms with Crippen LogP contribution in [0.5, 0.6) is 0 Å². The number of rotatable bonds is 4. The molecule has 1 aliphatic rings. The van der Waals surface area contributed by atoms with E-state index < -0.39 is 0 Å². The number of halogens is 3. The molecule has 1 aromatic carbocycles. The van der Waals surface area contributed by atoms with Crippen LogP contribution in [0, 0.1) is 5.82 Å². The van der Waals surface area contributed by atoms with Crippen molar-refractivity contribution in [1.82, 2.24) is 19.6 Å². The zero-order valence-corrected chi connectivity index (χ0v) is 16.2. The predicted molar refractivity (Wildman–Crippen MR) is 97.9 cm³/mol. The van der Waals surface area contributed by atoms with Gasteiger partial charge in [-0.3, -0.25) is 14.4 Å². The fourth-order valence-corrected chi connectivity index (χ4v) is 3.45. The molecule has 0 aliphatic carbocycles. The molecule has 1 aliphatic heterocycles. The van der Waals surface area contributed by atoms with E-state index in [4.69, 9.17) is 11.6 Å². The summed E-state index contributed by atoms with van der Waals surface area (Å²) in [7, 11) is 0. The first-order chi connectivity index (χ1) is 11.9. The number of hydrogen-bond donors (Lipinski definition) is 0. The lowest BCUT2D eigenvalue weighted by atomic mass is 10.2. The van der Waals surface area contributed by atoms with Crippen LogP contribution in [-0.4, -0.2) is 51.7 Å². The maximum Gasteiger partial charge on any atom is 0.247 e. The average Bonchev–Trinajstić information content (AvgIpc) is 3.03. The molecule has 1 atom stereocenters. The Balaban J connectivity index is 1.55. The molecule has 134 valence electrons. The Labute approximate surface area is 159 Å². The molecule has 3 rings (SSSR count). The summed E-state index contributed by atoms with van der Waals surface area (Å²) < 4.78 is 15.6. The summed E-state index contributed by atoms with van der Waals surface area (Å²) in [5.41, 5.74) is 0.901. The Hall–Kier alpha value is -1.44. The minimum atomic E-state index is -0.330. The first-order valence-electron chi connectivity index (χ1n) is 8.09. The van der Waals surface area contributed by atoms with Gasteiger partial charge in [-0.2, -0.15) is 5.10 Å². The van der Waals surface area contributed by atoms with E-state index in [0.717, 1.165) is 23.1 Å². The molecule has 1 saturated heterocycles.